The van der Waals surface area contributed by atoms with Gasteiger partial charge in [0.25, 0.3) is 11.8 Å². The lowest BCUT2D eigenvalue weighted by Crippen LogP contribution is -2.34. The average molecular weight is 371 g/mol. The summed E-state index contributed by atoms with van der Waals surface area (Å²) < 4.78 is 0.552. The molecule has 21 heavy (non-hydrogen) atoms. The minimum absolute atomic E-state index is 0.0309. The number of hydrogen-bond donors (Lipinski definition) is 2. The zero-order valence-corrected chi connectivity index (χ0v) is 12.9. The predicted molar refractivity (Wildman–Crippen MR) is 79.4 cm³/mol. The summed E-state index contributed by atoms with van der Waals surface area (Å²) in [6.45, 7) is -0.391. The molecule has 1 aliphatic rings. The summed E-state index contributed by atoms with van der Waals surface area (Å²) in [6.07, 6.45) is 1.12. The first-order chi connectivity index (χ1) is 9.97. The molecule has 1 aromatic carbocycles. The highest BCUT2D eigenvalue weighted by Crippen LogP contribution is 2.30. The zero-order chi connectivity index (χ0) is 15.6. The molecule has 0 aromatic heterocycles. The van der Waals surface area contributed by atoms with Crippen LogP contribution in [0.5, 0.6) is 0 Å². The first kappa shape index (κ1) is 15.5. The quantitative estimate of drug-likeness (QED) is 0.786. The van der Waals surface area contributed by atoms with Gasteiger partial charge in [-0.1, -0.05) is 11.6 Å². The lowest BCUT2D eigenvalue weighted by molar-refractivity contribution is -0.137. The van der Waals surface area contributed by atoms with Gasteiger partial charge in [0.15, 0.2) is 0 Å². The van der Waals surface area contributed by atoms with E-state index in [4.69, 9.17) is 22.0 Å². The molecule has 1 aliphatic heterocycles. The van der Waals surface area contributed by atoms with E-state index in [-0.39, 0.29) is 24.4 Å². The summed E-state index contributed by atoms with van der Waals surface area (Å²) in [6, 6.07) is 4.97. The van der Waals surface area contributed by atoms with Crippen LogP contribution >= 0.6 is 27.5 Å². The first-order valence-corrected chi connectivity index (χ1v) is 6.99. The summed E-state index contributed by atoms with van der Waals surface area (Å²) in [5.74, 6) is -1.07. The number of aliphatic hydroxyl groups excluding tert-OH is 1. The number of benzene rings is 1. The Balaban J connectivity index is 2.30. The van der Waals surface area contributed by atoms with Crippen LogP contribution in [0.25, 0.3) is 0 Å². The van der Waals surface area contributed by atoms with Crippen molar-refractivity contribution < 1.29 is 14.7 Å². The predicted octanol–water partition coefficient (Wildman–Crippen LogP) is 1.63. The van der Waals surface area contributed by atoms with E-state index < -0.39 is 11.8 Å². The van der Waals surface area contributed by atoms with Crippen molar-refractivity contribution in [3.63, 3.8) is 0 Å². The number of rotatable bonds is 4. The standard InChI is InChI=1S/C13H9BrClN3O3/c14-8-3-7(6-16)10(4-9(8)15)17-11-5-12(20)18(1-2-19)13(11)21/h3-5,17,19H,1-2H2. The number of nitrogens with zero attached hydrogens (tertiary/aromatic N) is 2. The van der Waals surface area contributed by atoms with Gasteiger partial charge >= 0.3 is 0 Å². The number of halogens is 2. The normalized spacial score (nSPS) is 14.2. The number of aliphatic hydroxyl groups is 1. The van der Waals surface area contributed by atoms with E-state index in [1.807, 2.05) is 6.07 Å². The van der Waals surface area contributed by atoms with Gasteiger partial charge in [0.2, 0.25) is 0 Å². The molecule has 6 nitrogen and oxygen atoms in total. The van der Waals surface area contributed by atoms with Crippen LogP contribution in [0.2, 0.25) is 5.02 Å². The van der Waals surface area contributed by atoms with Crippen LogP contribution in [0, 0.1) is 11.3 Å². The summed E-state index contributed by atoms with van der Waals surface area (Å²) in [7, 11) is 0. The molecule has 0 bridgehead atoms. The number of carbonyl (C=O) groups is 2. The molecule has 0 aliphatic carbocycles. The molecule has 108 valence electrons. The Labute approximate surface area is 133 Å². The van der Waals surface area contributed by atoms with Crippen LogP contribution < -0.4 is 5.32 Å². The van der Waals surface area contributed by atoms with Gasteiger partial charge in [-0.05, 0) is 28.1 Å². The van der Waals surface area contributed by atoms with Crippen molar-refractivity contribution >= 4 is 45.0 Å². The Hall–Kier alpha value is -1.88. The Morgan fingerprint density at radius 3 is 2.76 bits per heavy atom. The van der Waals surface area contributed by atoms with Crippen LogP contribution in [0.4, 0.5) is 5.69 Å². The van der Waals surface area contributed by atoms with Crippen LogP contribution in [0.3, 0.4) is 0 Å². The lowest BCUT2D eigenvalue weighted by atomic mass is 10.2. The van der Waals surface area contributed by atoms with Crippen molar-refractivity contribution in [1.29, 1.82) is 5.26 Å². The van der Waals surface area contributed by atoms with Crippen LogP contribution in [0.15, 0.2) is 28.4 Å². The Morgan fingerprint density at radius 2 is 2.14 bits per heavy atom. The summed E-state index contributed by atoms with van der Waals surface area (Å²) >= 11 is 9.16. The highest BCUT2D eigenvalue weighted by molar-refractivity contribution is 9.10. The van der Waals surface area contributed by atoms with E-state index in [1.54, 1.807) is 0 Å². The van der Waals surface area contributed by atoms with Gasteiger partial charge in [0, 0.05) is 10.5 Å². The van der Waals surface area contributed by atoms with Gasteiger partial charge in [0.05, 0.1) is 29.4 Å². The van der Waals surface area contributed by atoms with Gasteiger partial charge in [-0.3, -0.25) is 14.5 Å². The summed E-state index contributed by atoms with van der Waals surface area (Å²) in [5.41, 5.74) is 0.625. The third kappa shape index (κ3) is 3.08. The topological polar surface area (TPSA) is 93.4 Å². The fourth-order valence-electron chi connectivity index (χ4n) is 1.80. The average Bonchev–Trinajstić information content (AvgIpc) is 2.70. The number of imide groups is 1. The molecule has 2 amide bonds. The SMILES string of the molecule is N#Cc1cc(Br)c(Cl)cc1NC1=CC(=O)N(CCO)C1=O. The van der Waals surface area contributed by atoms with E-state index in [9.17, 15) is 9.59 Å². The van der Waals surface area contributed by atoms with Crippen LogP contribution in [-0.2, 0) is 9.59 Å². The van der Waals surface area contributed by atoms with Gasteiger partial charge in [0.1, 0.15) is 11.8 Å². The van der Waals surface area contributed by atoms with E-state index in [1.165, 1.54) is 12.1 Å². The van der Waals surface area contributed by atoms with Gasteiger partial charge in [-0.25, -0.2) is 0 Å². The molecule has 2 N–H and O–H groups in total. The molecule has 2 rings (SSSR count). The van der Waals surface area contributed by atoms with Gasteiger partial charge < -0.3 is 10.4 Å². The summed E-state index contributed by atoms with van der Waals surface area (Å²) in [5, 5.41) is 21.0. The molecule has 1 heterocycles. The number of amides is 2. The maximum Gasteiger partial charge on any atom is 0.277 e. The third-order valence-corrected chi connectivity index (χ3v) is 3.98. The van der Waals surface area contributed by atoms with Gasteiger partial charge in [-0.15, -0.1) is 0 Å². The molecule has 8 heteroatoms. The number of β-amino-alcohol motifs (C(OH)–C–C–N with tert-alkyl or cyclic N) is 1. The zero-order valence-electron chi connectivity index (χ0n) is 10.6. The molecule has 0 fully saturated rings. The van der Waals surface area contributed by atoms with E-state index >= 15 is 0 Å². The van der Waals surface area contributed by atoms with E-state index in [2.05, 4.69) is 21.2 Å². The molecule has 0 unspecified atom stereocenters. The highest BCUT2D eigenvalue weighted by atomic mass is 79.9. The van der Waals surface area contributed by atoms with E-state index in [0.29, 0.717) is 15.2 Å². The number of carbonyl (C=O) groups excluding carboxylic acids is 2. The fourth-order valence-corrected chi connectivity index (χ4v) is 2.30. The van der Waals surface area contributed by atoms with Crippen molar-refractivity contribution in [2.75, 3.05) is 18.5 Å². The molecule has 0 atom stereocenters. The molecular formula is C13H9BrClN3O3. The second-order valence-electron chi connectivity index (χ2n) is 4.13. The number of nitrogens with one attached hydrogen (secondary N) is 1. The molecular weight excluding hydrogens is 362 g/mol. The Morgan fingerprint density at radius 1 is 1.43 bits per heavy atom. The minimum atomic E-state index is -0.558. The maximum absolute atomic E-state index is 12.0. The number of hydrogen-bond acceptors (Lipinski definition) is 5. The lowest BCUT2D eigenvalue weighted by Gasteiger charge is -2.14. The summed E-state index contributed by atoms with van der Waals surface area (Å²) in [4.78, 5) is 24.5. The number of anilines is 1. The van der Waals surface area contributed by atoms with Crippen molar-refractivity contribution in [1.82, 2.24) is 4.90 Å². The largest absolute Gasteiger partial charge is 0.395 e. The van der Waals surface area contributed by atoms with Crippen molar-refractivity contribution in [3.05, 3.63) is 39.0 Å². The van der Waals surface area contributed by atoms with Crippen molar-refractivity contribution in [2.45, 2.75) is 0 Å². The van der Waals surface area contributed by atoms with Crippen molar-refractivity contribution in [2.24, 2.45) is 0 Å². The molecule has 0 radical (unpaired) electrons. The Bertz CT molecular complexity index is 697. The Kier molecular flexibility index (Phi) is 4.63. The van der Waals surface area contributed by atoms with Crippen LogP contribution in [-0.4, -0.2) is 35.0 Å². The second kappa shape index (κ2) is 6.26. The minimum Gasteiger partial charge on any atom is -0.395 e. The molecule has 1 aromatic rings. The molecule has 0 spiro atoms. The second-order valence-corrected chi connectivity index (χ2v) is 5.39. The smallest absolute Gasteiger partial charge is 0.277 e. The molecule has 0 saturated heterocycles. The van der Waals surface area contributed by atoms with Crippen LogP contribution in [0.1, 0.15) is 5.56 Å². The monoisotopic (exact) mass is 369 g/mol. The number of nitriles is 1. The maximum atomic E-state index is 12.0. The fraction of sp³-hybridized carbons (Fsp3) is 0.154. The first-order valence-electron chi connectivity index (χ1n) is 5.82. The van der Waals surface area contributed by atoms with E-state index in [0.717, 1.165) is 11.0 Å². The molecule has 0 saturated carbocycles. The van der Waals surface area contributed by atoms with Crippen molar-refractivity contribution in [3.8, 4) is 6.07 Å². The third-order valence-electron chi connectivity index (χ3n) is 2.78. The highest BCUT2D eigenvalue weighted by Gasteiger charge is 2.31. The van der Waals surface area contributed by atoms with Gasteiger partial charge in [-0.2, -0.15) is 5.26 Å².